The molecule has 0 spiro atoms. The van der Waals surface area contributed by atoms with Gasteiger partial charge in [0.15, 0.2) is 0 Å². The van der Waals surface area contributed by atoms with Crippen LogP contribution in [0.3, 0.4) is 0 Å². The molecule has 2 aromatic rings. The summed E-state index contributed by atoms with van der Waals surface area (Å²) >= 11 is 6.30. The van der Waals surface area contributed by atoms with E-state index in [0.29, 0.717) is 5.92 Å². The molecular weight excluding hydrogens is 256 g/mol. The fraction of sp³-hybridized carbons (Fsp3) is 0.500. The molecule has 1 atom stereocenters. The van der Waals surface area contributed by atoms with Crippen LogP contribution in [0.1, 0.15) is 43.7 Å². The molecule has 0 radical (unpaired) electrons. The number of hydrogen-bond donors (Lipinski definition) is 1. The first kappa shape index (κ1) is 13.0. The monoisotopic (exact) mass is 276 g/mol. The average molecular weight is 277 g/mol. The van der Waals surface area contributed by atoms with Gasteiger partial charge >= 0.3 is 0 Å². The van der Waals surface area contributed by atoms with Gasteiger partial charge in [0.2, 0.25) is 0 Å². The zero-order valence-corrected chi connectivity index (χ0v) is 12.2. The highest BCUT2D eigenvalue weighted by Crippen LogP contribution is 2.37. The summed E-state index contributed by atoms with van der Waals surface area (Å²) in [6.07, 6.45) is 8.70. The molecule has 19 heavy (non-hydrogen) atoms. The van der Waals surface area contributed by atoms with E-state index in [1.165, 1.54) is 43.1 Å². The minimum atomic E-state index is 0.141. The number of fused-ring (bicyclic) bond motifs is 1. The van der Waals surface area contributed by atoms with Gasteiger partial charge in [0.05, 0.1) is 10.5 Å². The fourth-order valence-electron chi connectivity index (χ4n) is 3.46. The summed E-state index contributed by atoms with van der Waals surface area (Å²) in [5.74, 6) is 0.623. The Balaban J connectivity index is 2.02. The van der Waals surface area contributed by atoms with E-state index >= 15 is 0 Å². The Labute approximate surface area is 119 Å². The van der Waals surface area contributed by atoms with Crippen LogP contribution in [0, 0.1) is 5.92 Å². The highest BCUT2D eigenvalue weighted by atomic mass is 35.5. The van der Waals surface area contributed by atoms with Crippen molar-refractivity contribution in [2.24, 2.45) is 18.7 Å². The molecule has 1 aromatic heterocycles. The molecular formula is C16H21ClN2. The van der Waals surface area contributed by atoms with Crippen LogP contribution in [-0.2, 0) is 7.05 Å². The Bertz CT molecular complexity index is 582. The van der Waals surface area contributed by atoms with Crippen molar-refractivity contribution in [3.63, 3.8) is 0 Å². The number of nitrogens with zero attached hydrogens (tertiary/aromatic N) is 1. The van der Waals surface area contributed by atoms with Crippen LogP contribution < -0.4 is 5.73 Å². The van der Waals surface area contributed by atoms with Crippen molar-refractivity contribution in [1.82, 2.24) is 4.57 Å². The molecule has 1 saturated carbocycles. The standard InChI is InChI=1S/C16H21ClN2/c1-19-10-13(12-8-5-9-14(17)16(12)19)15(18)11-6-3-2-4-7-11/h5,8-11,15H,2-4,6-7,18H2,1H3. The molecule has 1 aliphatic carbocycles. The predicted octanol–water partition coefficient (Wildman–Crippen LogP) is 4.41. The molecule has 2 N–H and O–H groups in total. The SMILES string of the molecule is Cn1cc(C(N)C2CCCCC2)c2cccc(Cl)c21. The average Bonchev–Trinajstić information content (AvgIpc) is 2.78. The van der Waals surface area contributed by atoms with Gasteiger partial charge < -0.3 is 10.3 Å². The van der Waals surface area contributed by atoms with Crippen LogP contribution in [-0.4, -0.2) is 4.57 Å². The Morgan fingerprint density at radius 3 is 2.74 bits per heavy atom. The summed E-state index contributed by atoms with van der Waals surface area (Å²) in [6, 6.07) is 6.24. The maximum atomic E-state index is 6.54. The van der Waals surface area contributed by atoms with Crippen LogP contribution in [0.5, 0.6) is 0 Å². The lowest BCUT2D eigenvalue weighted by Gasteiger charge is -2.27. The Hall–Kier alpha value is -0.990. The highest BCUT2D eigenvalue weighted by molar-refractivity contribution is 6.35. The molecule has 1 fully saturated rings. The molecule has 1 unspecified atom stereocenters. The maximum absolute atomic E-state index is 6.54. The van der Waals surface area contributed by atoms with Gasteiger partial charge in [-0.25, -0.2) is 0 Å². The van der Waals surface area contributed by atoms with E-state index in [-0.39, 0.29) is 6.04 Å². The Kier molecular flexibility index (Phi) is 3.55. The van der Waals surface area contributed by atoms with E-state index in [9.17, 15) is 0 Å². The summed E-state index contributed by atoms with van der Waals surface area (Å²) < 4.78 is 2.11. The van der Waals surface area contributed by atoms with E-state index in [1.807, 2.05) is 19.2 Å². The van der Waals surface area contributed by atoms with Gasteiger partial charge in [-0.1, -0.05) is 43.0 Å². The molecule has 0 bridgehead atoms. The van der Waals surface area contributed by atoms with Crippen molar-refractivity contribution in [3.8, 4) is 0 Å². The van der Waals surface area contributed by atoms with E-state index in [4.69, 9.17) is 17.3 Å². The number of hydrogen-bond acceptors (Lipinski definition) is 1. The number of para-hydroxylation sites is 1. The van der Waals surface area contributed by atoms with Gasteiger partial charge in [0.25, 0.3) is 0 Å². The van der Waals surface area contributed by atoms with Crippen molar-refractivity contribution in [2.45, 2.75) is 38.1 Å². The van der Waals surface area contributed by atoms with Gasteiger partial charge in [-0.3, -0.25) is 0 Å². The Morgan fingerprint density at radius 2 is 2.00 bits per heavy atom. The fourth-order valence-corrected chi connectivity index (χ4v) is 3.77. The lowest BCUT2D eigenvalue weighted by Crippen LogP contribution is -2.23. The van der Waals surface area contributed by atoms with Crippen LogP contribution >= 0.6 is 11.6 Å². The number of aryl methyl sites for hydroxylation is 1. The maximum Gasteiger partial charge on any atom is 0.0670 e. The second-order valence-corrected chi connectivity index (χ2v) is 6.16. The predicted molar refractivity (Wildman–Crippen MR) is 81.4 cm³/mol. The van der Waals surface area contributed by atoms with Crippen LogP contribution in [0.15, 0.2) is 24.4 Å². The van der Waals surface area contributed by atoms with Gasteiger partial charge in [0, 0.05) is 24.7 Å². The second kappa shape index (κ2) is 5.18. The number of rotatable bonds is 2. The van der Waals surface area contributed by atoms with Crippen LogP contribution in [0.4, 0.5) is 0 Å². The number of nitrogens with two attached hydrogens (primary N) is 1. The van der Waals surface area contributed by atoms with Gasteiger partial charge in [-0.05, 0) is 30.4 Å². The van der Waals surface area contributed by atoms with Gasteiger partial charge in [-0.15, -0.1) is 0 Å². The normalized spacial score (nSPS) is 18.9. The van der Waals surface area contributed by atoms with E-state index in [0.717, 1.165) is 10.5 Å². The second-order valence-electron chi connectivity index (χ2n) is 5.76. The minimum absolute atomic E-state index is 0.141. The van der Waals surface area contributed by atoms with Crippen molar-refractivity contribution in [2.75, 3.05) is 0 Å². The molecule has 1 heterocycles. The molecule has 1 aliphatic rings. The third kappa shape index (κ3) is 2.28. The lowest BCUT2D eigenvalue weighted by molar-refractivity contribution is 0.309. The molecule has 0 amide bonds. The molecule has 0 saturated heterocycles. The molecule has 3 rings (SSSR count). The van der Waals surface area contributed by atoms with Gasteiger partial charge in [0.1, 0.15) is 0 Å². The van der Waals surface area contributed by atoms with Crippen molar-refractivity contribution >= 4 is 22.5 Å². The first-order chi connectivity index (χ1) is 9.18. The van der Waals surface area contributed by atoms with E-state index in [2.05, 4.69) is 16.8 Å². The number of aromatic nitrogens is 1. The summed E-state index contributed by atoms with van der Waals surface area (Å²) in [7, 11) is 2.05. The number of benzene rings is 1. The third-order valence-electron chi connectivity index (χ3n) is 4.50. The lowest BCUT2D eigenvalue weighted by atomic mass is 9.81. The minimum Gasteiger partial charge on any atom is -0.349 e. The first-order valence-electron chi connectivity index (χ1n) is 7.17. The molecule has 2 nitrogen and oxygen atoms in total. The van der Waals surface area contributed by atoms with Crippen molar-refractivity contribution < 1.29 is 0 Å². The zero-order chi connectivity index (χ0) is 13.4. The highest BCUT2D eigenvalue weighted by Gasteiger charge is 2.24. The smallest absolute Gasteiger partial charge is 0.0670 e. The molecule has 0 aliphatic heterocycles. The summed E-state index contributed by atoms with van der Waals surface area (Å²) in [5, 5.41) is 2.02. The summed E-state index contributed by atoms with van der Waals surface area (Å²) in [4.78, 5) is 0. The van der Waals surface area contributed by atoms with Crippen LogP contribution in [0.25, 0.3) is 10.9 Å². The summed E-state index contributed by atoms with van der Waals surface area (Å²) in [6.45, 7) is 0. The Morgan fingerprint density at radius 1 is 1.26 bits per heavy atom. The van der Waals surface area contributed by atoms with Crippen molar-refractivity contribution in [3.05, 3.63) is 35.0 Å². The largest absolute Gasteiger partial charge is 0.349 e. The third-order valence-corrected chi connectivity index (χ3v) is 4.81. The molecule has 1 aromatic carbocycles. The van der Waals surface area contributed by atoms with Crippen LogP contribution in [0.2, 0.25) is 5.02 Å². The molecule has 102 valence electrons. The van der Waals surface area contributed by atoms with E-state index in [1.54, 1.807) is 0 Å². The van der Waals surface area contributed by atoms with Crippen molar-refractivity contribution in [1.29, 1.82) is 0 Å². The summed E-state index contributed by atoms with van der Waals surface area (Å²) in [5.41, 5.74) is 8.90. The molecule has 3 heteroatoms. The quantitative estimate of drug-likeness (QED) is 0.865. The topological polar surface area (TPSA) is 30.9 Å². The first-order valence-corrected chi connectivity index (χ1v) is 7.55. The number of halogens is 1. The van der Waals surface area contributed by atoms with Gasteiger partial charge in [-0.2, -0.15) is 0 Å². The zero-order valence-electron chi connectivity index (χ0n) is 11.4. The van der Waals surface area contributed by atoms with E-state index < -0.39 is 0 Å².